The Hall–Kier alpha value is -5.28. The van der Waals surface area contributed by atoms with Gasteiger partial charge in [-0.2, -0.15) is 20.2 Å². The summed E-state index contributed by atoms with van der Waals surface area (Å²) in [5, 5.41) is 25.3. The van der Waals surface area contributed by atoms with Crippen LogP contribution in [-0.4, -0.2) is 35.6 Å². The second-order valence-electron chi connectivity index (χ2n) is 7.51. The van der Waals surface area contributed by atoms with Gasteiger partial charge in [0, 0.05) is 12.4 Å². The predicted molar refractivity (Wildman–Crippen MR) is 134 cm³/mol. The summed E-state index contributed by atoms with van der Waals surface area (Å²) in [6.07, 6.45) is 4.28. The summed E-state index contributed by atoms with van der Waals surface area (Å²) in [4.78, 5) is 41.4. The van der Waals surface area contributed by atoms with E-state index in [4.69, 9.17) is 11.6 Å². The molecule has 1 unspecified atom stereocenters. The first kappa shape index (κ1) is 23.5. The summed E-state index contributed by atoms with van der Waals surface area (Å²) >= 11 is 6.21. The lowest BCUT2D eigenvalue weighted by Crippen LogP contribution is -2.24. The van der Waals surface area contributed by atoms with E-state index in [1.165, 1.54) is 23.3 Å². The van der Waals surface area contributed by atoms with Gasteiger partial charge in [-0.25, -0.2) is 15.0 Å². The van der Waals surface area contributed by atoms with Crippen LogP contribution < -0.4 is 10.9 Å². The first-order valence-electron chi connectivity index (χ1n) is 10.8. The summed E-state index contributed by atoms with van der Waals surface area (Å²) in [6, 6.07) is 15.5. The summed E-state index contributed by atoms with van der Waals surface area (Å²) in [5.74, 6) is -0.590. The second kappa shape index (κ2) is 10.1. The van der Waals surface area contributed by atoms with E-state index < -0.39 is 17.5 Å². The molecule has 0 radical (unpaired) electrons. The molecule has 0 aliphatic carbocycles. The number of azo groups is 1. The third-order valence-electron chi connectivity index (χ3n) is 5.14. The molecule has 13 heteroatoms. The lowest BCUT2D eigenvalue weighted by molar-refractivity contribution is -0.117. The van der Waals surface area contributed by atoms with Crippen molar-refractivity contribution < 1.29 is 4.79 Å². The largest absolute Gasteiger partial charge is 0.322 e. The molecule has 0 saturated carbocycles. The maximum atomic E-state index is 13.4. The van der Waals surface area contributed by atoms with Gasteiger partial charge in [0.25, 0.3) is 17.4 Å². The zero-order valence-electron chi connectivity index (χ0n) is 18.8. The number of carbonyl (C=O) groups excluding carboxylic acids is 1. The van der Waals surface area contributed by atoms with Gasteiger partial charge in [0.1, 0.15) is 17.5 Å². The number of nitriles is 1. The van der Waals surface area contributed by atoms with Crippen molar-refractivity contribution in [3.05, 3.63) is 100.0 Å². The third kappa shape index (κ3) is 4.79. The van der Waals surface area contributed by atoms with Crippen molar-refractivity contribution in [1.29, 1.82) is 5.26 Å². The average Bonchev–Trinajstić information content (AvgIpc) is 3.33. The van der Waals surface area contributed by atoms with Gasteiger partial charge in [0.2, 0.25) is 6.04 Å². The fraction of sp³-hybridized carbons (Fsp3) is 0.0417. The van der Waals surface area contributed by atoms with Crippen molar-refractivity contribution in [3.63, 3.8) is 0 Å². The maximum Gasteiger partial charge on any atom is 0.259 e. The maximum absolute atomic E-state index is 13.4. The minimum Gasteiger partial charge on any atom is -0.322 e. The summed E-state index contributed by atoms with van der Waals surface area (Å²) in [6.45, 7) is 0. The average molecular weight is 511 g/mol. The molecule has 37 heavy (non-hydrogen) atoms. The number of amides is 1. The van der Waals surface area contributed by atoms with Gasteiger partial charge in [0.05, 0.1) is 27.8 Å². The number of nitrogens with one attached hydrogen (secondary N) is 2. The van der Waals surface area contributed by atoms with Gasteiger partial charge < -0.3 is 10.3 Å². The SMILES string of the molecule is N#Cc1cnn(-c2ncccn2)c1N=NC(C(=O)Nc1ccccc1Cl)c1nc2ccccc2c(=O)[nH]1. The van der Waals surface area contributed by atoms with Crippen LogP contribution in [0.3, 0.4) is 0 Å². The molecule has 2 N–H and O–H groups in total. The van der Waals surface area contributed by atoms with E-state index in [1.54, 1.807) is 54.6 Å². The van der Waals surface area contributed by atoms with E-state index in [9.17, 15) is 14.9 Å². The van der Waals surface area contributed by atoms with Gasteiger partial charge in [-0.15, -0.1) is 5.11 Å². The molecule has 3 aromatic heterocycles. The number of aromatic nitrogens is 6. The molecule has 12 nitrogen and oxygen atoms in total. The molecular formula is C24H15ClN10O2. The van der Waals surface area contributed by atoms with E-state index in [0.29, 0.717) is 21.6 Å². The Labute approximate surface area is 213 Å². The molecule has 0 saturated heterocycles. The molecule has 0 fully saturated rings. The number of aromatic amines is 1. The fourth-order valence-electron chi connectivity index (χ4n) is 3.41. The Morgan fingerprint density at radius 3 is 2.65 bits per heavy atom. The molecule has 1 amide bonds. The molecule has 3 heterocycles. The van der Waals surface area contributed by atoms with Crippen LogP contribution in [0.15, 0.2) is 88.2 Å². The number of benzene rings is 2. The number of hydrogen-bond donors (Lipinski definition) is 2. The Kier molecular flexibility index (Phi) is 6.43. The van der Waals surface area contributed by atoms with Crippen LogP contribution in [0.1, 0.15) is 17.4 Å². The monoisotopic (exact) mass is 510 g/mol. The van der Waals surface area contributed by atoms with Crippen molar-refractivity contribution in [2.24, 2.45) is 10.2 Å². The quantitative estimate of drug-likeness (QED) is 0.326. The van der Waals surface area contributed by atoms with Crippen LogP contribution in [0.4, 0.5) is 11.5 Å². The van der Waals surface area contributed by atoms with E-state index >= 15 is 0 Å². The van der Waals surface area contributed by atoms with Gasteiger partial charge >= 0.3 is 0 Å². The highest BCUT2D eigenvalue weighted by Gasteiger charge is 2.26. The Balaban J connectivity index is 1.61. The topological polar surface area (TPSA) is 167 Å². The highest BCUT2D eigenvalue weighted by molar-refractivity contribution is 6.33. The number of fused-ring (bicyclic) bond motifs is 1. The van der Waals surface area contributed by atoms with Crippen molar-refractivity contribution >= 4 is 39.9 Å². The number of anilines is 1. The summed E-state index contributed by atoms with van der Waals surface area (Å²) < 4.78 is 1.21. The second-order valence-corrected chi connectivity index (χ2v) is 7.92. The molecular weight excluding hydrogens is 496 g/mol. The third-order valence-corrected chi connectivity index (χ3v) is 5.47. The van der Waals surface area contributed by atoms with Crippen LogP contribution in [0.25, 0.3) is 16.9 Å². The normalized spacial score (nSPS) is 11.9. The zero-order chi connectivity index (χ0) is 25.8. The van der Waals surface area contributed by atoms with Gasteiger partial charge in [-0.3, -0.25) is 9.59 Å². The van der Waals surface area contributed by atoms with Crippen LogP contribution in [0, 0.1) is 11.3 Å². The van der Waals surface area contributed by atoms with E-state index in [-0.39, 0.29) is 23.2 Å². The molecule has 0 aliphatic heterocycles. The first-order chi connectivity index (χ1) is 18.0. The number of carbonyl (C=O) groups is 1. The van der Waals surface area contributed by atoms with Crippen LogP contribution >= 0.6 is 11.6 Å². The highest BCUT2D eigenvalue weighted by atomic mass is 35.5. The number of para-hydroxylation sites is 2. The smallest absolute Gasteiger partial charge is 0.259 e. The van der Waals surface area contributed by atoms with Gasteiger partial charge in [-0.05, 0) is 30.3 Å². The number of H-pyrrole nitrogens is 1. The van der Waals surface area contributed by atoms with Crippen molar-refractivity contribution in [3.8, 4) is 12.0 Å². The van der Waals surface area contributed by atoms with E-state index in [0.717, 1.165) is 0 Å². The minimum atomic E-state index is -1.42. The van der Waals surface area contributed by atoms with Crippen LogP contribution in [0.2, 0.25) is 5.02 Å². The highest BCUT2D eigenvalue weighted by Crippen LogP contribution is 2.27. The summed E-state index contributed by atoms with van der Waals surface area (Å²) in [5.41, 5.74) is 0.318. The lowest BCUT2D eigenvalue weighted by atomic mass is 10.2. The predicted octanol–water partition coefficient (Wildman–Crippen LogP) is 3.89. The molecule has 0 aliphatic rings. The standard InChI is InChI=1S/C24H15ClN10O2/c25-16-7-2-4-9-18(16)31-23(37)19(20-30-17-8-3-1-6-15(17)22(36)32-20)33-34-21-14(12-26)13-29-35(21)24-27-10-5-11-28-24/h1-11,13,19H,(H,31,37)(H,30,32,36). The summed E-state index contributed by atoms with van der Waals surface area (Å²) in [7, 11) is 0. The van der Waals surface area contributed by atoms with Crippen molar-refractivity contribution in [1.82, 2.24) is 29.7 Å². The fourth-order valence-corrected chi connectivity index (χ4v) is 3.59. The van der Waals surface area contributed by atoms with E-state index in [2.05, 4.69) is 40.6 Å². The molecule has 0 bridgehead atoms. The Morgan fingerprint density at radius 1 is 1.11 bits per heavy atom. The molecule has 1 atom stereocenters. The van der Waals surface area contributed by atoms with Crippen LogP contribution in [0.5, 0.6) is 0 Å². The van der Waals surface area contributed by atoms with Gasteiger partial charge in [-0.1, -0.05) is 35.9 Å². The van der Waals surface area contributed by atoms with E-state index in [1.807, 2.05) is 6.07 Å². The molecule has 0 spiro atoms. The number of halogens is 1. The Morgan fingerprint density at radius 2 is 1.86 bits per heavy atom. The van der Waals surface area contributed by atoms with Gasteiger partial charge in [0.15, 0.2) is 5.82 Å². The zero-order valence-corrected chi connectivity index (χ0v) is 19.5. The molecule has 5 rings (SSSR count). The van der Waals surface area contributed by atoms with Crippen LogP contribution in [-0.2, 0) is 4.79 Å². The number of rotatable bonds is 6. The molecule has 2 aromatic carbocycles. The molecule has 5 aromatic rings. The number of nitrogens with zero attached hydrogens (tertiary/aromatic N) is 8. The molecule has 180 valence electrons. The Bertz CT molecular complexity index is 1740. The first-order valence-corrected chi connectivity index (χ1v) is 11.1. The van der Waals surface area contributed by atoms with Crippen molar-refractivity contribution in [2.45, 2.75) is 6.04 Å². The van der Waals surface area contributed by atoms with Crippen molar-refractivity contribution in [2.75, 3.05) is 5.32 Å². The minimum absolute atomic E-state index is 0.00706. The lowest BCUT2D eigenvalue weighted by Gasteiger charge is -2.13. The number of hydrogen-bond acceptors (Lipinski definition) is 9.